The minimum absolute atomic E-state index is 0.0686. The molecule has 1 aromatic carbocycles. The molecule has 0 radical (unpaired) electrons. The number of halogens is 4. The number of nitrogens with zero attached hydrogens (tertiary/aromatic N) is 3. The molecule has 0 spiro atoms. The van der Waals surface area contributed by atoms with Gasteiger partial charge in [0.15, 0.2) is 5.65 Å². The molecular weight excluding hydrogens is 385 g/mol. The second-order valence-electron chi connectivity index (χ2n) is 5.33. The summed E-state index contributed by atoms with van der Waals surface area (Å²) >= 11 is 3.35. The van der Waals surface area contributed by atoms with Gasteiger partial charge in [-0.15, -0.1) is 0 Å². The van der Waals surface area contributed by atoms with Crippen LogP contribution in [0.25, 0.3) is 5.65 Å². The van der Waals surface area contributed by atoms with Crippen molar-refractivity contribution < 1.29 is 13.2 Å². The highest BCUT2D eigenvalue weighted by Crippen LogP contribution is 2.30. The smallest absolute Gasteiger partial charge is 0.363 e. The summed E-state index contributed by atoms with van der Waals surface area (Å²) in [5, 5.41) is 7.20. The van der Waals surface area contributed by atoms with Crippen LogP contribution in [-0.4, -0.2) is 20.8 Å². The Hall–Kier alpha value is -2.09. The molecule has 0 amide bonds. The molecule has 2 aromatic heterocycles. The average molecular weight is 399 g/mol. The molecule has 3 rings (SSSR count). The van der Waals surface area contributed by atoms with E-state index in [-0.39, 0.29) is 6.42 Å². The van der Waals surface area contributed by atoms with E-state index < -0.39 is 18.6 Å². The number of hydrogen-bond acceptors (Lipinski definition) is 3. The molecular formula is C16H14BrF3N4. The highest BCUT2D eigenvalue weighted by Gasteiger charge is 2.29. The van der Waals surface area contributed by atoms with Gasteiger partial charge in [0.05, 0.1) is 16.7 Å². The fourth-order valence-electron chi connectivity index (χ4n) is 2.42. The van der Waals surface area contributed by atoms with Crippen molar-refractivity contribution in [2.45, 2.75) is 25.1 Å². The van der Waals surface area contributed by atoms with Crippen molar-refractivity contribution >= 4 is 27.4 Å². The average Bonchev–Trinajstić information content (AvgIpc) is 2.92. The van der Waals surface area contributed by atoms with Gasteiger partial charge in [0.1, 0.15) is 5.82 Å². The highest BCUT2D eigenvalue weighted by atomic mass is 79.9. The van der Waals surface area contributed by atoms with Gasteiger partial charge >= 0.3 is 6.18 Å². The lowest BCUT2D eigenvalue weighted by atomic mass is 10.0. The Kier molecular flexibility index (Phi) is 4.75. The van der Waals surface area contributed by atoms with Crippen LogP contribution in [0.15, 0.2) is 53.3 Å². The molecule has 0 aliphatic rings. The van der Waals surface area contributed by atoms with Crippen LogP contribution in [0.4, 0.5) is 19.0 Å². The summed E-state index contributed by atoms with van der Waals surface area (Å²) < 4.78 is 40.2. The van der Waals surface area contributed by atoms with Crippen LogP contribution >= 0.6 is 15.9 Å². The predicted octanol–water partition coefficient (Wildman–Crippen LogP) is 4.99. The Labute approximate surface area is 144 Å². The van der Waals surface area contributed by atoms with E-state index in [4.69, 9.17) is 0 Å². The monoisotopic (exact) mass is 398 g/mol. The number of alkyl halides is 3. The van der Waals surface area contributed by atoms with E-state index in [1.165, 1.54) is 0 Å². The lowest BCUT2D eigenvalue weighted by Crippen LogP contribution is -2.16. The first-order valence-corrected chi connectivity index (χ1v) is 8.10. The number of hydrogen-bond donors (Lipinski definition) is 1. The van der Waals surface area contributed by atoms with Crippen molar-refractivity contribution in [2.75, 3.05) is 5.32 Å². The molecule has 126 valence electrons. The minimum Gasteiger partial charge on any atom is -0.363 e. The number of benzene rings is 1. The quantitative estimate of drug-likeness (QED) is 0.658. The van der Waals surface area contributed by atoms with Gasteiger partial charge in [-0.3, -0.25) is 0 Å². The SMILES string of the molecule is FC(F)(F)CCC(Nc1ccn2ncc(Br)c2n1)c1ccccc1. The molecule has 4 nitrogen and oxygen atoms in total. The van der Waals surface area contributed by atoms with Gasteiger partial charge < -0.3 is 5.32 Å². The number of aromatic nitrogens is 3. The van der Waals surface area contributed by atoms with Gasteiger partial charge in [0.2, 0.25) is 0 Å². The molecule has 24 heavy (non-hydrogen) atoms. The summed E-state index contributed by atoms with van der Waals surface area (Å²) in [5.41, 5.74) is 1.39. The zero-order valence-corrected chi connectivity index (χ0v) is 14.0. The number of fused-ring (bicyclic) bond motifs is 1. The topological polar surface area (TPSA) is 42.2 Å². The fraction of sp³-hybridized carbons (Fsp3) is 0.250. The Morgan fingerprint density at radius 2 is 1.92 bits per heavy atom. The summed E-state index contributed by atoms with van der Waals surface area (Å²) in [7, 11) is 0. The molecule has 0 aliphatic carbocycles. The first-order chi connectivity index (χ1) is 11.4. The van der Waals surface area contributed by atoms with Crippen molar-refractivity contribution in [2.24, 2.45) is 0 Å². The maximum absolute atomic E-state index is 12.6. The zero-order valence-electron chi connectivity index (χ0n) is 12.5. The molecule has 8 heteroatoms. The van der Waals surface area contributed by atoms with Crippen LogP contribution in [0, 0.1) is 0 Å². The van der Waals surface area contributed by atoms with E-state index in [0.29, 0.717) is 11.5 Å². The normalized spacial score (nSPS) is 13.2. The third kappa shape index (κ3) is 4.05. The molecule has 0 saturated carbocycles. The Morgan fingerprint density at radius 3 is 2.62 bits per heavy atom. The van der Waals surface area contributed by atoms with Crippen molar-refractivity contribution in [3.63, 3.8) is 0 Å². The molecule has 0 bridgehead atoms. The fourth-order valence-corrected chi connectivity index (χ4v) is 2.78. The maximum atomic E-state index is 12.6. The van der Waals surface area contributed by atoms with Crippen molar-refractivity contribution in [3.8, 4) is 0 Å². The van der Waals surface area contributed by atoms with Crippen molar-refractivity contribution in [3.05, 3.63) is 58.8 Å². The predicted molar refractivity (Wildman–Crippen MR) is 88.8 cm³/mol. The van der Waals surface area contributed by atoms with Crippen molar-refractivity contribution in [1.29, 1.82) is 0 Å². The third-order valence-corrected chi connectivity index (χ3v) is 4.13. The zero-order chi connectivity index (χ0) is 17.2. The second kappa shape index (κ2) is 6.80. The molecule has 1 atom stereocenters. The second-order valence-corrected chi connectivity index (χ2v) is 6.19. The Morgan fingerprint density at radius 1 is 1.17 bits per heavy atom. The first kappa shape index (κ1) is 16.8. The molecule has 0 aliphatic heterocycles. The molecule has 3 aromatic rings. The largest absolute Gasteiger partial charge is 0.389 e. The van der Waals surface area contributed by atoms with Crippen LogP contribution in [0.1, 0.15) is 24.4 Å². The summed E-state index contributed by atoms with van der Waals surface area (Å²) in [6.45, 7) is 0. The maximum Gasteiger partial charge on any atom is 0.389 e. The van der Waals surface area contributed by atoms with Gasteiger partial charge in [-0.05, 0) is 34.0 Å². The highest BCUT2D eigenvalue weighted by molar-refractivity contribution is 9.10. The van der Waals surface area contributed by atoms with Gasteiger partial charge in [-0.1, -0.05) is 30.3 Å². The standard InChI is InChI=1S/C16H14BrF3N4/c17-12-10-21-24-9-7-14(23-15(12)24)22-13(6-8-16(18,19)20)11-4-2-1-3-5-11/h1-5,7,9-10,13H,6,8H2,(H,22,23). The first-order valence-electron chi connectivity index (χ1n) is 7.30. The Bertz CT molecular complexity index is 817. The van der Waals surface area contributed by atoms with Crippen LogP contribution in [0.2, 0.25) is 0 Å². The van der Waals surface area contributed by atoms with Gasteiger partial charge in [-0.2, -0.15) is 18.3 Å². The van der Waals surface area contributed by atoms with Crippen LogP contribution < -0.4 is 5.32 Å². The van der Waals surface area contributed by atoms with E-state index in [9.17, 15) is 13.2 Å². The molecule has 0 fully saturated rings. The molecule has 0 saturated heterocycles. The van der Waals surface area contributed by atoms with Crippen LogP contribution in [0.3, 0.4) is 0 Å². The minimum atomic E-state index is -4.19. The van der Waals surface area contributed by atoms with E-state index in [0.717, 1.165) is 10.0 Å². The Balaban J connectivity index is 1.85. The number of rotatable bonds is 5. The molecule has 1 N–H and O–H groups in total. The van der Waals surface area contributed by atoms with E-state index >= 15 is 0 Å². The van der Waals surface area contributed by atoms with Gasteiger partial charge in [-0.25, -0.2) is 9.50 Å². The van der Waals surface area contributed by atoms with E-state index in [1.807, 2.05) is 18.2 Å². The van der Waals surface area contributed by atoms with Gasteiger partial charge in [0.25, 0.3) is 0 Å². The van der Waals surface area contributed by atoms with Crippen molar-refractivity contribution in [1.82, 2.24) is 14.6 Å². The molecule has 1 unspecified atom stereocenters. The number of anilines is 1. The van der Waals surface area contributed by atoms with Crippen LogP contribution in [0.5, 0.6) is 0 Å². The van der Waals surface area contributed by atoms with E-state index in [2.05, 4.69) is 31.3 Å². The van der Waals surface area contributed by atoms with Crippen LogP contribution in [-0.2, 0) is 0 Å². The lowest BCUT2D eigenvalue weighted by molar-refractivity contribution is -0.136. The summed E-state index contributed by atoms with van der Waals surface area (Å²) in [6, 6.07) is 10.3. The summed E-state index contributed by atoms with van der Waals surface area (Å²) in [5.74, 6) is 0.500. The molecule has 2 heterocycles. The summed E-state index contributed by atoms with van der Waals surface area (Å²) in [4.78, 5) is 4.41. The third-order valence-electron chi connectivity index (χ3n) is 3.57. The lowest BCUT2D eigenvalue weighted by Gasteiger charge is -2.20. The number of nitrogens with one attached hydrogen (secondary N) is 1. The summed E-state index contributed by atoms with van der Waals surface area (Å²) in [6.07, 6.45) is -1.80. The van der Waals surface area contributed by atoms with E-state index in [1.54, 1.807) is 35.1 Å². The van der Waals surface area contributed by atoms with Gasteiger partial charge in [0, 0.05) is 12.6 Å².